The first kappa shape index (κ1) is 15.4. The van der Waals surface area contributed by atoms with Gasteiger partial charge in [-0.1, -0.05) is 31.2 Å². The van der Waals surface area contributed by atoms with E-state index in [9.17, 15) is 8.78 Å². The molecule has 0 spiro atoms. The Morgan fingerprint density at radius 2 is 1.70 bits per heavy atom. The zero-order chi connectivity index (χ0) is 14.6. The first-order valence-corrected chi connectivity index (χ1v) is 7.67. The highest BCUT2D eigenvalue weighted by atomic mass is 19.3. The van der Waals surface area contributed by atoms with E-state index in [1.54, 1.807) is 0 Å². The van der Waals surface area contributed by atoms with Gasteiger partial charge in [0.1, 0.15) is 0 Å². The Kier molecular flexibility index (Phi) is 5.14. The van der Waals surface area contributed by atoms with Crippen LogP contribution >= 0.6 is 0 Å². The molecule has 1 aromatic carbocycles. The normalized spacial score (nSPS) is 20.8. The van der Waals surface area contributed by atoms with Crippen LogP contribution in [0.25, 0.3) is 0 Å². The van der Waals surface area contributed by atoms with Crippen molar-refractivity contribution in [2.24, 2.45) is 5.92 Å². The van der Waals surface area contributed by atoms with Gasteiger partial charge in [-0.2, -0.15) is 0 Å². The van der Waals surface area contributed by atoms with Crippen molar-refractivity contribution < 1.29 is 8.78 Å². The average Bonchev–Trinajstić information content (AvgIpc) is 2.46. The summed E-state index contributed by atoms with van der Waals surface area (Å²) in [5.74, 6) is -2.07. The molecule has 0 saturated heterocycles. The van der Waals surface area contributed by atoms with Crippen molar-refractivity contribution in [3.8, 4) is 0 Å². The Morgan fingerprint density at radius 1 is 1.15 bits per heavy atom. The fourth-order valence-electron chi connectivity index (χ4n) is 3.13. The maximum atomic E-state index is 13.2. The quantitative estimate of drug-likeness (QED) is 0.852. The smallest absolute Gasteiger partial charge is 0.248 e. The lowest BCUT2D eigenvalue weighted by molar-refractivity contribution is -0.0492. The fourth-order valence-corrected chi connectivity index (χ4v) is 3.13. The summed E-state index contributed by atoms with van der Waals surface area (Å²) in [7, 11) is 1.94. The van der Waals surface area contributed by atoms with Crippen LogP contribution in [-0.2, 0) is 12.8 Å². The molecule has 0 heterocycles. The lowest BCUT2D eigenvalue weighted by Crippen LogP contribution is -2.39. The van der Waals surface area contributed by atoms with E-state index in [2.05, 4.69) is 36.5 Å². The van der Waals surface area contributed by atoms with E-state index in [-0.39, 0.29) is 12.8 Å². The predicted octanol–water partition coefficient (Wildman–Crippen LogP) is 4.21. The molecule has 112 valence electrons. The van der Waals surface area contributed by atoms with Crippen molar-refractivity contribution in [3.05, 3.63) is 35.4 Å². The van der Waals surface area contributed by atoms with Crippen LogP contribution in [0.5, 0.6) is 0 Å². The molecule has 2 rings (SSSR count). The van der Waals surface area contributed by atoms with Gasteiger partial charge < -0.3 is 5.32 Å². The second-order valence-corrected chi connectivity index (χ2v) is 5.96. The minimum Gasteiger partial charge on any atom is -0.316 e. The van der Waals surface area contributed by atoms with Gasteiger partial charge in [0.25, 0.3) is 0 Å². The predicted molar refractivity (Wildman–Crippen MR) is 79.3 cm³/mol. The summed E-state index contributed by atoms with van der Waals surface area (Å²) in [6, 6.07) is 8.97. The van der Waals surface area contributed by atoms with Gasteiger partial charge >= 0.3 is 0 Å². The molecule has 1 N–H and O–H groups in total. The number of alkyl halides is 2. The minimum atomic E-state index is -2.43. The molecule has 20 heavy (non-hydrogen) atoms. The first-order valence-electron chi connectivity index (χ1n) is 7.67. The van der Waals surface area contributed by atoms with Crippen LogP contribution in [0.1, 0.15) is 43.7 Å². The highest BCUT2D eigenvalue weighted by Gasteiger charge is 2.37. The standard InChI is InChI=1S/C17H25F2N/c1-3-13-4-6-14(7-5-13)12-16(20-2)15-8-10-17(18,19)11-9-15/h4-7,15-16,20H,3,8-12H2,1-2H3. The monoisotopic (exact) mass is 281 g/mol. The zero-order valence-corrected chi connectivity index (χ0v) is 12.5. The molecule has 0 amide bonds. The molecule has 1 aliphatic rings. The van der Waals surface area contributed by atoms with Crippen molar-refractivity contribution in [2.45, 2.75) is 57.4 Å². The van der Waals surface area contributed by atoms with Crippen LogP contribution in [0.3, 0.4) is 0 Å². The van der Waals surface area contributed by atoms with Crippen molar-refractivity contribution >= 4 is 0 Å². The maximum Gasteiger partial charge on any atom is 0.248 e. The summed E-state index contributed by atoms with van der Waals surface area (Å²) in [6.07, 6.45) is 3.33. The number of benzene rings is 1. The molecule has 1 nitrogen and oxygen atoms in total. The summed E-state index contributed by atoms with van der Waals surface area (Å²) < 4.78 is 26.5. The van der Waals surface area contributed by atoms with E-state index >= 15 is 0 Å². The summed E-state index contributed by atoms with van der Waals surface area (Å²) in [5, 5.41) is 3.33. The topological polar surface area (TPSA) is 12.0 Å². The van der Waals surface area contributed by atoms with Gasteiger partial charge in [-0.3, -0.25) is 0 Å². The molecule has 0 radical (unpaired) electrons. The van der Waals surface area contributed by atoms with Gasteiger partial charge in [-0.15, -0.1) is 0 Å². The van der Waals surface area contributed by atoms with Crippen LogP contribution < -0.4 is 5.32 Å². The zero-order valence-electron chi connectivity index (χ0n) is 12.5. The van der Waals surface area contributed by atoms with Crippen LogP contribution in [0.4, 0.5) is 8.78 Å². The third-order valence-electron chi connectivity index (χ3n) is 4.59. The van der Waals surface area contributed by atoms with Crippen molar-refractivity contribution in [2.75, 3.05) is 7.05 Å². The Hall–Kier alpha value is -0.960. The number of likely N-dealkylation sites (N-methyl/N-ethyl adjacent to an activating group) is 1. The lowest BCUT2D eigenvalue weighted by Gasteiger charge is -2.33. The van der Waals surface area contributed by atoms with Gasteiger partial charge in [0.2, 0.25) is 5.92 Å². The SMILES string of the molecule is CCc1ccc(CC(NC)C2CCC(F)(F)CC2)cc1. The summed E-state index contributed by atoms with van der Waals surface area (Å²) in [5.41, 5.74) is 2.63. The number of hydrogen-bond acceptors (Lipinski definition) is 1. The highest BCUT2D eigenvalue weighted by molar-refractivity contribution is 5.23. The maximum absolute atomic E-state index is 13.2. The molecular weight excluding hydrogens is 256 g/mol. The molecule has 0 bridgehead atoms. The van der Waals surface area contributed by atoms with Crippen molar-refractivity contribution in [1.29, 1.82) is 0 Å². The van der Waals surface area contributed by atoms with Gasteiger partial charge in [0.05, 0.1) is 0 Å². The van der Waals surface area contributed by atoms with E-state index in [1.165, 1.54) is 11.1 Å². The number of hydrogen-bond donors (Lipinski definition) is 1. The molecule has 1 aliphatic carbocycles. The molecule has 3 heteroatoms. The van der Waals surface area contributed by atoms with Crippen LogP contribution in [0, 0.1) is 5.92 Å². The van der Waals surface area contributed by atoms with Gasteiger partial charge in [-0.05, 0) is 49.8 Å². The van der Waals surface area contributed by atoms with Gasteiger partial charge in [-0.25, -0.2) is 8.78 Å². The highest BCUT2D eigenvalue weighted by Crippen LogP contribution is 2.37. The van der Waals surface area contributed by atoms with E-state index in [0.29, 0.717) is 24.8 Å². The van der Waals surface area contributed by atoms with Gasteiger partial charge in [0, 0.05) is 18.9 Å². The molecule has 1 aromatic rings. The molecule has 1 atom stereocenters. The third-order valence-corrected chi connectivity index (χ3v) is 4.59. The number of aryl methyl sites for hydroxylation is 1. The molecule has 0 aliphatic heterocycles. The summed E-state index contributed by atoms with van der Waals surface area (Å²) in [6.45, 7) is 2.15. The van der Waals surface area contributed by atoms with Crippen LogP contribution in [0.2, 0.25) is 0 Å². The average molecular weight is 281 g/mol. The Labute approximate surface area is 120 Å². The lowest BCUT2D eigenvalue weighted by atomic mass is 9.80. The fraction of sp³-hybridized carbons (Fsp3) is 0.647. The van der Waals surface area contributed by atoms with E-state index < -0.39 is 5.92 Å². The van der Waals surface area contributed by atoms with E-state index in [4.69, 9.17) is 0 Å². The number of halogens is 2. The summed E-state index contributed by atoms with van der Waals surface area (Å²) >= 11 is 0. The van der Waals surface area contributed by atoms with Gasteiger partial charge in [0.15, 0.2) is 0 Å². The molecule has 1 saturated carbocycles. The Morgan fingerprint density at radius 3 is 2.20 bits per heavy atom. The van der Waals surface area contributed by atoms with Crippen molar-refractivity contribution in [3.63, 3.8) is 0 Å². The Bertz CT molecular complexity index is 404. The molecule has 1 fully saturated rings. The second-order valence-electron chi connectivity index (χ2n) is 5.96. The summed E-state index contributed by atoms with van der Waals surface area (Å²) in [4.78, 5) is 0. The van der Waals surface area contributed by atoms with E-state index in [0.717, 1.165) is 12.8 Å². The number of nitrogens with one attached hydrogen (secondary N) is 1. The molecule has 1 unspecified atom stereocenters. The molecule has 0 aromatic heterocycles. The van der Waals surface area contributed by atoms with Crippen LogP contribution in [0.15, 0.2) is 24.3 Å². The largest absolute Gasteiger partial charge is 0.316 e. The number of rotatable bonds is 5. The molecular formula is C17H25F2N. The minimum absolute atomic E-state index is 0.0462. The first-order chi connectivity index (χ1) is 9.54. The van der Waals surface area contributed by atoms with E-state index in [1.807, 2.05) is 7.05 Å². The van der Waals surface area contributed by atoms with Crippen molar-refractivity contribution in [1.82, 2.24) is 5.32 Å². The third kappa shape index (κ3) is 4.02. The second kappa shape index (κ2) is 6.66. The Balaban J connectivity index is 1.94. The van der Waals surface area contributed by atoms with Crippen LogP contribution in [-0.4, -0.2) is 19.0 Å².